The molecular weight excluding hydrogens is 462 g/mol. The lowest BCUT2D eigenvalue weighted by Crippen LogP contribution is -1.96. The van der Waals surface area contributed by atoms with Crippen molar-refractivity contribution < 1.29 is 4.39 Å². The van der Waals surface area contributed by atoms with Crippen molar-refractivity contribution in [1.82, 2.24) is 0 Å². The second-order valence-corrected chi connectivity index (χ2v) is 7.19. The number of halogens is 5. The van der Waals surface area contributed by atoms with Crippen LogP contribution in [-0.4, -0.2) is 0 Å². The van der Waals surface area contributed by atoms with Crippen LogP contribution in [0.5, 0.6) is 0 Å². The molecule has 0 saturated heterocycles. The number of benzene rings is 2. The van der Waals surface area contributed by atoms with Crippen molar-refractivity contribution in [3.8, 4) is 0 Å². The molecule has 0 amide bonds. The lowest BCUT2D eigenvalue weighted by Gasteiger charge is -2.15. The molecule has 0 radical (unpaired) electrons. The summed E-state index contributed by atoms with van der Waals surface area (Å²) in [4.78, 5) is -0.0584. The highest BCUT2D eigenvalue weighted by Gasteiger charge is 2.16. The second-order valence-electron chi connectivity index (χ2n) is 4.16. The zero-order chi connectivity index (χ0) is 14.2. The number of rotatable bonds is 2. The van der Waals surface area contributed by atoms with E-state index in [4.69, 9.17) is 11.6 Å². The summed E-state index contributed by atoms with van der Waals surface area (Å²) in [7, 11) is 0. The largest absolute Gasteiger partial charge is 0.205 e. The molecule has 2 aromatic rings. The van der Waals surface area contributed by atoms with E-state index >= 15 is 0 Å². The fourth-order valence-corrected chi connectivity index (χ4v) is 3.91. The van der Waals surface area contributed by atoms with E-state index in [-0.39, 0.29) is 9.85 Å². The molecule has 0 bridgehead atoms. The lowest BCUT2D eigenvalue weighted by molar-refractivity contribution is 0.627. The fourth-order valence-electron chi connectivity index (χ4n) is 1.71. The van der Waals surface area contributed by atoms with Crippen molar-refractivity contribution in [3.63, 3.8) is 0 Å². The van der Waals surface area contributed by atoms with Gasteiger partial charge in [0.25, 0.3) is 0 Å². The third kappa shape index (κ3) is 3.41. The number of aryl methyl sites for hydroxylation is 1. The zero-order valence-electron chi connectivity index (χ0n) is 9.85. The van der Waals surface area contributed by atoms with Gasteiger partial charge in [0, 0.05) is 8.95 Å². The maximum absolute atomic E-state index is 13.2. The van der Waals surface area contributed by atoms with Gasteiger partial charge in [0.2, 0.25) is 0 Å². The molecule has 0 saturated carbocycles. The van der Waals surface area contributed by atoms with Crippen LogP contribution in [0.15, 0.2) is 39.3 Å². The van der Waals surface area contributed by atoms with E-state index in [0.717, 1.165) is 25.6 Å². The molecule has 100 valence electrons. The Balaban J connectivity index is 2.46. The number of alkyl halides is 1. The monoisotopic (exact) mass is 468 g/mol. The van der Waals surface area contributed by atoms with Gasteiger partial charge >= 0.3 is 0 Å². The third-order valence-electron chi connectivity index (χ3n) is 2.79. The molecule has 0 aromatic heterocycles. The first-order valence-corrected chi connectivity index (χ1v) is 8.32. The highest BCUT2D eigenvalue weighted by atomic mass is 79.9. The van der Waals surface area contributed by atoms with E-state index in [1.807, 2.05) is 19.1 Å². The summed E-state index contributed by atoms with van der Waals surface area (Å²) in [6.45, 7) is 2.02. The molecule has 1 unspecified atom stereocenters. The summed E-state index contributed by atoms with van der Waals surface area (Å²) >= 11 is 16.5. The molecule has 0 N–H and O–H groups in total. The highest BCUT2D eigenvalue weighted by molar-refractivity contribution is 9.11. The van der Waals surface area contributed by atoms with Crippen LogP contribution in [0.2, 0.25) is 5.02 Å². The average molecular weight is 471 g/mol. The van der Waals surface area contributed by atoms with E-state index in [1.54, 1.807) is 12.1 Å². The molecule has 2 aromatic carbocycles. The van der Waals surface area contributed by atoms with Crippen molar-refractivity contribution >= 4 is 59.4 Å². The van der Waals surface area contributed by atoms with Crippen molar-refractivity contribution in [3.05, 3.63) is 66.8 Å². The molecule has 2 rings (SSSR count). The van der Waals surface area contributed by atoms with E-state index < -0.39 is 5.82 Å². The number of hydrogen-bond acceptors (Lipinski definition) is 0. The molecule has 1 atom stereocenters. The normalized spacial score (nSPS) is 12.5. The summed E-state index contributed by atoms with van der Waals surface area (Å²) in [5.41, 5.74) is 3.11. The highest BCUT2D eigenvalue weighted by Crippen LogP contribution is 2.38. The van der Waals surface area contributed by atoms with Gasteiger partial charge in [-0.15, -0.1) is 0 Å². The van der Waals surface area contributed by atoms with Gasteiger partial charge in [0.15, 0.2) is 0 Å². The van der Waals surface area contributed by atoms with Crippen LogP contribution in [0, 0.1) is 12.7 Å². The Hall–Kier alpha value is 0.1000. The van der Waals surface area contributed by atoms with Gasteiger partial charge in [0.1, 0.15) is 5.82 Å². The van der Waals surface area contributed by atoms with Crippen molar-refractivity contribution in [2.45, 2.75) is 11.8 Å². The minimum atomic E-state index is -0.408. The van der Waals surface area contributed by atoms with Crippen molar-refractivity contribution in [1.29, 1.82) is 0 Å². The predicted molar refractivity (Wildman–Crippen MR) is 88.8 cm³/mol. The minimum Gasteiger partial charge on any atom is -0.205 e. The van der Waals surface area contributed by atoms with Crippen molar-refractivity contribution in [2.75, 3.05) is 0 Å². The van der Waals surface area contributed by atoms with Gasteiger partial charge in [-0.05, 0) is 47.9 Å². The summed E-state index contributed by atoms with van der Waals surface area (Å²) in [5, 5.41) is 0.129. The molecular formula is C14H9Br3ClF. The van der Waals surface area contributed by atoms with E-state index in [9.17, 15) is 4.39 Å². The molecule has 0 heterocycles. The quantitative estimate of drug-likeness (QED) is 0.423. The topological polar surface area (TPSA) is 0 Å². The second kappa shape index (κ2) is 6.25. The standard InChI is InChI=1S/C14H9Br3ClF/c1-7-4-11(16)9(6-10(7)15)14(17)8-2-3-13(19)12(18)5-8/h2-6,14H,1H3. The third-order valence-corrected chi connectivity index (χ3v) is 5.64. The first-order valence-electron chi connectivity index (χ1n) is 5.44. The van der Waals surface area contributed by atoms with Gasteiger partial charge in [-0.1, -0.05) is 65.5 Å². The van der Waals surface area contributed by atoms with E-state index in [2.05, 4.69) is 47.8 Å². The Morgan fingerprint density at radius 3 is 2.42 bits per heavy atom. The number of hydrogen-bond donors (Lipinski definition) is 0. The minimum absolute atomic E-state index is 0.0584. The van der Waals surface area contributed by atoms with Gasteiger partial charge in [0.05, 0.1) is 9.85 Å². The predicted octanol–water partition coefficient (Wildman–Crippen LogP) is 6.80. The maximum atomic E-state index is 13.2. The maximum Gasteiger partial charge on any atom is 0.141 e. The van der Waals surface area contributed by atoms with Crippen LogP contribution in [0.1, 0.15) is 21.5 Å². The fraction of sp³-hybridized carbons (Fsp3) is 0.143. The first kappa shape index (κ1) is 15.5. The van der Waals surface area contributed by atoms with Gasteiger partial charge in [-0.3, -0.25) is 0 Å². The Labute approximate surface area is 141 Å². The van der Waals surface area contributed by atoms with Crippen LogP contribution >= 0.6 is 59.4 Å². The molecule has 19 heavy (non-hydrogen) atoms. The Morgan fingerprint density at radius 2 is 1.79 bits per heavy atom. The summed E-state index contributed by atoms with van der Waals surface area (Å²) in [6.07, 6.45) is 0. The SMILES string of the molecule is Cc1cc(Br)c(C(Br)c2ccc(F)c(Cl)c2)cc1Br. The van der Waals surface area contributed by atoms with Gasteiger partial charge in [-0.2, -0.15) is 0 Å². The van der Waals surface area contributed by atoms with Crippen LogP contribution in [0.4, 0.5) is 4.39 Å². The van der Waals surface area contributed by atoms with Gasteiger partial charge in [-0.25, -0.2) is 4.39 Å². The summed E-state index contributed by atoms with van der Waals surface area (Å²) in [5.74, 6) is -0.408. The zero-order valence-corrected chi connectivity index (χ0v) is 15.4. The molecule has 0 nitrogen and oxygen atoms in total. The van der Waals surface area contributed by atoms with Crippen molar-refractivity contribution in [2.24, 2.45) is 0 Å². The van der Waals surface area contributed by atoms with E-state index in [1.165, 1.54) is 6.07 Å². The molecule has 5 heteroatoms. The summed E-state index contributed by atoms with van der Waals surface area (Å²) in [6, 6.07) is 8.81. The Bertz CT molecular complexity index is 628. The average Bonchev–Trinajstić information content (AvgIpc) is 2.36. The van der Waals surface area contributed by atoms with E-state index in [0.29, 0.717) is 0 Å². The molecule has 0 aliphatic carbocycles. The summed E-state index contributed by atoms with van der Waals surface area (Å²) < 4.78 is 15.2. The lowest BCUT2D eigenvalue weighted by atomic mass is 10.0. The molecule has 0 aliphatic heterocycles. The van der Waals surface area contributed by atoms with Crippen LogP contribution in [0.25, 0.3) is 0 Å². The van der Waals surface area contributed by atoms with Crippen LogP contribution in [0.3, 0.4) is 0 Å². The first-order chi connectivity index (χ1) is 8.90. The molecule has 0 fully saturated rings. The van der Waals surface area contributed by atoms with Gasteiger partial charge < -0.3 is 0 Å². The molecule has 0 aliphatic rings. The Kier molecular flexibility index (Phi) is 5.09. The van der Waals surface area contributed by atoms with Crippen LogP contribution < -0.4 is 0 Å². The van der Waals surface area contributed by atoms with Crippen LogP contribution in [-0.2, 0) is 0 Å². The smallest absolute Gasteiger partial charge is 0.141 e. The Morgan fingerprint density at radius 1 is 1.11 bits per heavy atom. The molecule has 0 spiro atoms.